The van der Waals surface area contributed by atoms with Crippen molar-refractivity contribution in [2.75, 3.05) is 7.05 Å². The third-order valence-corrected chi connectivity index (χ3v) is 3.33. The first-order valence-electron chi connectivity index (χ1n) is 5.76. The minimum atomic E-state index is -4.38. The Kier molecular flexibility index (Phi) is 2.85. The summed E-state index contributed by atoms with van der Waals surface area (Å²) in [7, 11) is 1.34. The van der Waals surface area contributed by atoms with Crippen LogP contribution in [0.3, 0.4) is 0 Å². The number of hydrogen-bond acceptors (Lipinski definition) is 2. The van der Waals surface area contributed by atoms with Gasteiger partial charge in [-0.15, -0.1) is 0 Å². The molecule has 1 aliphatic rings. The average Bonchev–Trinajstić information content (AvgIpc) is 2.24. The highest BCUT2D eigenvalue weighted by Gasteiger charge is 2.60. The molecule has 2 nitrogen and oxygen atoms in total. The molecule has 0 amide bonds. The molecule has 0 fully saturated rings. The molecule has 0 aliphatic carbocycles. The normalized spacial score (nSPS) is 26.3. The molecular weight excluding hydrogens is 243 g/mol. The zero-order valence-corrected chi connectivity index (χ0v) is 10.6. The van der Waals surface area contributed by atoms with E-state index in [0.717, 1.165) is 0 Å². The Morgan fingerprint density at radius 3 is 2.39 bits per heavy atom. The van der Waals surface area contributed by atoms with E-state index in [0.29, 0.717) is 5.75 Å². The Labute approximate surface area is 104 Å². The van der Waals surface area contributed by atoms with Crippen molar-refractivity contribution < 1.29 is 17.9 Å². The van der Waals surface area contributed by atoms with E-state index in [2.05, 4.69) is 5.32 Å². The Bertz CT molecular complexity index is 456. The lowest BCUT2D eigenvalue weighted by atomic mass is 9.77. The van der Waals surface area contributed by atoms with Crippen LogP contribution in [0.5, 0.6) is 5.75 Å². The highest BCUT2D eigenvalue weighted by Crippen LogP contribution is 2.51. The van der Waals surface area contributed by atoms with Crippen LogP contribution < -0.4 is 10.1 Å². The van der Waals surface area contributed by atoms with Gasteiger partial charge in [-0.2, -0.15) is 13.2 Å². The van der Waals surface area contributed by atoms with Gasteiger partial charge >= 0.3 is 6.18 Å². The van der Waals surface area contributed by atoms with Crippen molar-refractivity contribution in [3.63, 3.8) is 0 Å². The van der Waals surface area contributed by atoms with Gasteiger partial charge in [-0.1, -0.05) is 18.2 Å². The summed E-state index contributed by atoms with van der Waals surface area (Å²) in [4.78, 5) is 0. The molecule has 5 heteroatoms. The molecule has 1 atom stereocenters. The quantitative estimate of drug-likeness (QED) is 0.836. The predicted molar refractivity (Wildman–Crippen MR) is 62.6 cm³/mol. The van der Waals surface area contributed by atoms with Gasteiger partial charge in [0.05, 0.1) is 0 Å². The molecule has 2 rings (SSSR count). The lowest BCUT2D eigenvalue weighted by Crippen LogP contribution is -2.59. The van der Waals surface area contributed by atoms with Crippen molar-refractivity contribution in [3.8, 4) is 5.75 Å². The van der Waals surface area contributed by atoms with Gasteiger partial charge in [0.25, 0.3) is 0 Å². The van der Waals surface area contributed by atoms with E-state index in [1.165, 1.54) is 13.1 Å². The molecule has 1 aliphatic heterocycles. The highest BCUT2D eigenvalue weighted by atomic mass is 19.4. The van der Waals surface area contributed by atoms with Gasteiger partial charge in [-0.25, -0.2) is 0 Å². The minimum Gasteiger partial charge on any atom is -0.487 e. The molecule has 1 N–H and O–H groups in total. The SMILES string of the molecule is CNC1(C(F)(F)F)CC(C)(C)Oc2ccccc21. The number of benzene rings is 1. The van der Waals surface area contributed by atoms with Crippen LogP contribution in [0.1, 0.15) is 25.8 Å². The van der Waals surface area contributed by atoms with Gasteiger partial charge in [-0.05, 0) is 27.0 Å². The molecule has 0 saturated heterocycles. The number of halogens is 3. The first kappa shape index (κ1) is 13.2. The van der Waals surface area contributed by atoms with Crippen LogP contribution in [-0.2, 0) is 5.54 Å². The first-order chi connectivity index (χ1) is 8.22. The summed E-state index contributed by atoms with van der Waals surface area (Å²) in [6.45, 7) is 3.33. The van der Waals surface area contributed by atoms with Gasteiger partial charge in [0.1, 0.15) is 16.9 Å². The number of hydrogen-bond donors (Lipinski definition) is 1. The van der Waals surface area contributed by atoms with Gasteiger partial charge in [0.15, 0.2) is 0 Å². The van der Waals surface area contributed by atoms with E-state index < -0.39 is 17.3 Å². The van der Waals surface area contributed by atoms with Crippen LogP contribution in [0, 0.1) is 0 Å². The van der Waals surface area contributed by atoms with Crippen molar-refractivity contribution in [1.82, 2.24) is 5.32 Å². The third kappa shape index (κ3) is 1.86. The fourth-order valence-corrected chi connectivity index (χ4v) is 2.59. The van der Waals surface area contributed by atoms with Crippen LogP contribution >= 0.6 is 0 Å². The van der Waals surface area contributed by atoms with Crippen molar-refractivity contribution in [1.29, 1.82) is 0 Å². The fourth-order valence-electron chi connectivity index (χ4n) is 2.59. The minimum absolute atomic E-state index is 0.152. The van der Waals surface area contributed by atoms with Crippen molar-refractivity contribution in [3.05, 3.63) is 29.8 Å². The van der Waals surface area contributed by atoms with E-state index >= 15 is 0 Å². The third-order valence-electron chi connectivity index (χ3n) is 3.33. The maximum Gasteiger partial charge on any atom is 0.411 e. The van der Waals surface area contributed by atoms with E-state index in [1.54, 1.807) is 32.0 Å². The Morgan fingerprint density at radius 2 is 1.83 bits per heavy atom. The monoisotopic (exact) mass is 259 g/mol. The summed E-state index contributed by atoms with van der Waals surface area (Å²) in [5, 5.41) is 2.46. The molecule has 0 radical (unpaired) electrons. The topological polar surface area (TPSA) is 21.3 Å². The van der Waals surface area contributed by atoms with Crippen LogP contribution in [0.4, 0.5) is 13.2 Å². The first-order valence-corrected chi connectivity index (χ1v) is 5.76. The van der Waals surface area contributed by atoms with Crippen LogP contribution in [0.15, 0.2) is 24.3 Å². The summed E-state index contributed by atoms with van der Waals surface area (Å²) in [6.07, 6.45) is -4.53. The second-order valence-corrected chi connectivity index (χ2v) is 5.19. The van der Waals surface area contributed by atoms with Gasteiger partial charge in [0, 0.05) is 12.0 Å². The number of alkyl halides is 3. The van der Waals surface area contributed by atoms with Crippen molar-refractivity contribution in [2.45, 2.75) is 37.6 Å². The smallest absolute Gasteiger partial charge is 0.411 e. The summed E-state index contributed by atoms with van der Waals surface area (Å²) in [5.74, 6) is 0.292. The van der Waals surface area contributed by atoms with Crippen LogP contribution in [0.25, 0.3) is 0 Å². The summed E-state index contributed by atoms with van der Waals surface area (Å²) < 4.78 is 46.1. The zero-order valence-electron chi connectivity index (χ0n) is 10.6. The Hall–Kier alpha value is -1.23. The molecule has 1 aromatic rings. The van der Waals surface area contributed by atoms with E-state index in [-0.39, 0.29) is 12.0 Å². The van der Waals surface area contributed by atoms with E-state index in [1.807, 2.05) is 0 Å². The second-order valence-electron chi connectivity index (χ2n) is 5.19. The Balaban J connectivity index is 2.66. The predicted octanol–water partition coefficient (Wildman–Crippen LogP) is 3.22. The molecule has 0 bridgehead atoms. The van der Waals surface area contributed by atoms with E-state index in [4.69, 9.17) is 4.74 Å². The van der Waals surface area contributed by atoms with Crippen molar-refractivity contribution in [2.24, 2.45) is 0 Å². The molecule has 100 valence electrons. The number of rotatable bonds is 1. The summed E-state index contributed by atoms with van der Waals surface area (Å²) >= 11 is 0. The molecular formula is C13H16F3NO. The number of para-hydroxylation sites is 1. The number of nitrogens with one attached hydrogen (secondary N) is 1. The van der Waals surface area contributed by atoms with Gasteiger partial charge in [-0.3, -0.25) is 0 Å². The van der Waals surface area contributed by atoms with Gasteiger partial charge < -0.3 is 10.1 Å². The molecule has 18 heavy (non-hydrogen) atoms. The molecule has 1 unspecified atom stereocenters. The molecule has 0 spiro atoms. The Morgan fingerprint density at radius 1 is 1.22 bits per heavy atom. The molecule has 1 heterocycles. The number of ether oxygens (including phenoxy) is 1. The van der Waals surface area contributed by atoms with Crippen LogP contribution in [0.2, 0.25) is 0 Å². The molecule has 1 aromatic carbocycles. The standard InChI is InChI=1S/C13H16F3NO/c1-11(2)8-12(17-3,13(14,15)16)9-6-4-5-7-10(9)18-11/h4-7,17H,8H2,1-3H3. The van der Waals surface area contributed by atoms with E-state index in [9.17, 15) is 13.2 Å². The maximum absolute atomic E-state index is 13.5. The highest BCUT2D eigenvalue weighted by molar-refractivity contribution is 5.43. The lowest BCUT2D eigenvalue weighted by Gasteiger charge is -2.46. The fraction of sp³-hybridized carbons (Fsp3) is 0.538. The molecule has 0 saturated carbocycles. The largest absolute Gasteiger partial charge is 0.487 e. The van der Waals surface area contributed by atoms with Gasteiger partial charge in [0.2, 0.25) is 0 Å². The second kappa shape index (κ2) is 3.88. The molecule has 0 aromatic heterocycles. The van der Waals surface area contributed by atoms with Crippen LogP contribution in [-0.4, -0.2) is 18.8 Å². The lowest BCUT2D eigenvalue weighted by molar-refractivity contribution is -0.217. The summed E-state index contributed by atoms with van der Waals surface area (Å²) in [6, 6.07) is 6.32. The zero-order chi connectivity index (χ0) is 13.6. The maximum atomic E-state index is 13.5. The average molecular weight is 259 g/mol. The van der Waals surface area contributed by atoms with Crippen molar-refractivity contribution >= 4 is 0 Å². The number of fused-ring (bicyclic) bond motifs is 1. The summed E-state index contributed by atoms with van der Waals surface area (Å²) in [5.41, 5.74) is -2.77.